The SMILES string of the molecule is CCOc1ccc(CN(C)[C@H](C)c2nc(N)nc(N(C)C)n2)cc1. The lowest BCUT2D eigenvalue weighted by Gasteiger charge is -2.24. The highest BCUT2D eigenvalue weighted by atomic mass is 16.5. The minimum atomic E-state index is 0.0144. The van der Waals surface area contributed by atoms with Gasteiger partial charge in [0.2, 0.25) is 11.9 Å². The molecule has 1 atom stereocenters. The first-order chi connectivity index (χ1) is 11.4. The van der Waals surface area contributed by atoms with Crippen molar-refractivity contribution >= 4 is 11.9 Å². The van der Waals surface area contributed by atoms with E-state index in [1.807, 2.05) is 45.1 Å². The maximum absolute atomic E-state index is 5.81. The Labute approximate surface area is 143 Å². The number of aromatic nitrogens is 3. The van der Waals surface area contributed by atoms with E-state index < -0.39 is 0 Å². The average molecular weight is 330 g/mol. The van der Waals surface area contributed by atoms with E-state index >= 15 is 0 Å². The van der Waals surface area contributed by atoms with E-state index in [4.69, 9.17) is 10.5 Å². The maximum atomic E-state index is 5.81. The van der Waals surface area contributed by atoms with E-state index in [1.165, 1.54) is 5.56 Å². The lowest BCUT2D eigenvalue weighted by molar-refractivity contribution is 0.243. The van der Waals surface area contributed by atoms with Gasteiger partial charge in [-0.15, -0.1) is 0 Å². The van der Waals surface area contributed by atoms with Crippen LogP contribution in [-0.2, 0) is 6.54 Å². The molecule has 0 aliphatic heterocycles. The second-order valence-electron chi connectivity index (χ2n) is 5.91. The summed E-state index contributed by atoms with van der Waals surface area (Å²) in [4.78, 5) is 16.9. The molecule has 0 saturated heterocycles. The molecule has 0 amide bonds. The Morgan fingerprint density at radius 2 is 1.75 bits per heavy atom. The molecule has 130 valence electrons. The molecule has 0 aliphatic rings. The van der Waals surface area contributed by atoms with Gasteiger partial charge in [-0.05, 0) is 38.6 Å². The van der Waals surface area contributed by atoms with Gasteiger partial charge in [0, 0.05) is 20.6 Å². The van der Waals surface area contributed by atoms with Gasteiger partial charge in [0.1, 0.15) is 5.75 Å². The largest absolute Gasteiger partial charge is 0.494 e. The van der Waals surface area contributed by atoms with Crippen molar-refractivity contribution in [3.8, 4) is 5.75 Å². The van der Waals surface area contributed by atoms with Crippen LogP contribution in [0, 0.1) is 0 Å². The fraction of sp³-hybridized carbons (Fsp3) is 0.471. The Kier molecular flexibility index (Phi) is 5.92. The van der Waals surface area contributed by atoms with Crippen LogP contribution in [0.15, 0.2) is 24.3 Å². The zero-order valence-electron chi connectivity index (χ0n) is 15.0. The maximum Gasteiger partial charge on any atom is 0.229 e. The monoisotopic (exact) mass is 330 g/mol. The van der Waals surface area contributed by atoms with Gasteiger partial charge in [0.05, 0.1) is 12.6 Å². The zero-order valence-corrected chi connectivity index (χ0v) is 15.0. The van der Waals surface area contributed by atoms with Gasteiger partial charge in [0.25, 0.3) is 0 Å². The summed E-state index contributed by atoms with van der Waals surface area (Å²) >= 11 is 0. The number of benzene rings is 1. The third-order valence-electron chi connectivity index (χ3n) is 3.76. The summed E-state index contributed by atoms with van der Waals surface area (Å²) in [5.41, 5.74) is 7.01. The normalized spacial score (nSPS) is 12.2. The van der Waals surface area contributed by atoms with Crippen molar-refractivity contribution in [2.75, 3.05) is 38.4 Å². The number of hydrogen-bond donors (Lipinski definition) is 1. The first kappa shape index (κ1) is 17.9. The molecule has 1 heterocycles. The van der Waals surface area contributed by atoms with Crippen LogP contribution in [0.5, 0.6) is 5.75 Å². The van der Waals surface area contributed by atoms with Crippen LogP contribution in [-0.4, -0.2) is 47.6 Å². The molecule has 0 aliphatic carbocycles. The summed E-state index contributed by atoms with van der Waals surface area (Å²) in [5.74, 6) is 2.36. The molecule has 0 radical (unpaired) electrons. The van der Waals surface area contributed by atoms with Crippen molar-refractivity contribution in [2.45, 2.75) is 26.4 Å². The summed E-state index contributed by atoms with van der Waals surface area (Å²) in [7, 11) is 5.80. The molecule has 2 rings (SSSR count). The third kappa shape index (κ3) is 4.55. The fourth-order valence-corrected chi connectivity index (χ4v) is 2.26. The molecular formula is C17H26N6O. The quantitative estimate of drug-likeness (QED) is 0.832. The highest BCUT2D eigenvalue weighted by molar-refractivity contribution is 5.33. The molecule has 0 unspecified atom stereocenters. The molecular weight excluding hydrogens is 304 g/mol. The van der Waals surface area contributed by atoms with Crippen molar-refractivity contribution in [1.82, 2.24) is 19.9 Å². The van der Waals surface area contributed by atoms with E-state index in [1.54, 1.807) is 0 Å². The second-order valence-corrected chi connectivity index (χ2v) is 5.91. The number of hydrogen-bond acceptors (Lipinski definition) is 7. The van der Waals surface area contributed by atoms with E-state index in [9.17, 15) is 0 Å². The van der Waals surface area contributed by atoms with Crippen molar-refractivity contribution in [3.05, 3.63) is 35.7 Å². The Bertz CT molecular complexity index is 659. The van der Waals surface area contributed by atoms with Crippen LogP contribution < -0.4 is 15.4 Å². The van der Waals surface area contributed by atoms with Gasteiger partial charge >= 0.3 is 0 Å². The molecule has 7 heteroatoms. The third-order valence-corrected chi connectivity index (χ3v) is 3.76. The van der Waals surface area contributed by atoms with Crippen molar-refractivity contribution in [3.63, 3.8) is 0 Å². The molecule has 1 aromatic carbocycles. The van der Waals surface area contributed by atoms with Crippen LogP contribution in [0.4, 0.5) is 11.9 Å². The van der Waals surface area contributed by atoms with E-state index in [2.05, 4.69) is 38.9 Å². The minimum absolute atomic E-state index is 0.0144. The first-order valence-electron chi connectivity index (χ1n) is 8.01. The number of anilines is 2. The number of nitrogens with two attached hydrogens (primary N) is 1. The van der Waals surface area contributed by atoms with Gasteiger partial charge < -0.3 is 15.4 Å². The van der Waals surface area contributed by atoms with Gasteiger partial charge in [0.15, 0.2) is 5.82 Å². The Morgan fingerprint density at radius 1 is 1.08 bits per heavy atom. The summed E-state index contributed by atoms with van der Waals surface area (Å²) in [5, 5.41) is 0. The van der Waals surface area contributed by atoms with Gasteiger partial charge in [-0.1, -0.05) is 12.1 Å². The summed E-state index contributed by atoms with van der Waals surface area (Å²) in [6.07, 6.45) is 0. The second kappa shape index (κ2) is 7.92. The number of ether oxygens (including phenoxy) is 1. The van der Waals surface area contributed by atoms with E-state index in [0.717, 1.165) is 12.3 Å². The molecule has 1 aromatic heterocycles. The lowest BCUT2D eigenvalue weighted by Crippen LogP contribution is -2.25. The van der Waals surface area contributed by atoms with Gasteiger partial charge in [-0.25, -0.2) is 0 Å². The summed E-state index contributed by atoms with van der Waals surface area (Å²) < 4.78 is 5.47. The fourth-order valence-electron chi connectivity index (χ4n) is 2.26. The number of nitrogen functional groups attached to an aromatic ring is 1. The van der Waals surface area contributed by atoms with Gasteiger partial charge in [-0.3, -0.25) is 4.90 Å². The predicted octanol–water partition coefficient (Wildman–Crippen LogP) is 2.11. The van der Waals surface area contributed by atoms with Crippen LogP contribution >= 0.6 is 0 Å². The highest BCUT2D eigenvalue weighted by Gasteiger charge is 2.17. The minimum Gasteiger partial charge on any atom is -0.494 e. The first-order valence-corrected chi connectivity index (χ1v) is 8.01. The molecule has 0 saturated carbocycles. The molecule has 0 bridgehead atoms. The Hall–Kier alpha value is -2.41. The standard InChI is InChI=1S/C17H26N6O/c1-6-24-14-9-7-13(8-10-14)11-23(5)12(2)15-19-16(18)21-17(20-15)22(3)4/h7-10,12H,6,11H2,1-5H3,(H2,18,19,20,21)/t12-/m1/s1. The molecule has 7 nitrogen and oxygen atoms in total. The Balaban J connectivity index is 2.10. The Morgan fingerprint density at radius 3 is 2.33 bits per heavy atom. The molecule has 0 fully saturated rings. The van der Waals surface area contributed by atoms with Crippen molar-refractivity contribution < 1.29 is 4.74 Å². The average Bonchev–Trinajstić information content (AvgIpc) is 2.55. The molecule has 2 N–H and O–H groups in total. The van der Waals surface area contributed by atoms with Crippen LogP contribution in [0.1, 0.15) is 31.3 Å². The predicted molar refractivity (Wildman–Crippen MR) is 96.1 cm³/mol. The van der Waals surface area contributed by atoms with Crippen LogP contribution in [0.25, 0.3) is 0 Å². The summed E-state index contributed by atoms with van der Waals surface area (Å²) in [6.45, 7) is 5.48. The van der Waals surface area contributed by atoms with E-state index in [0.29, 0.717) is 18.4 Å². The molecule has 2 aromatic rings. The van der Waals surface area contributed by atoms with Crippen LogP contribution in [0.2, 0.25) is 0 Å². The molecule has 0 spiro atoms. The number of rotatable bonds is 7. The zero-order chi connectivity index (χ0) is 17.7. The van der Waals surface area contributed by atoms with E-state index in [-0.39, 0.29) is 12.0 Å². The van der Waals surface area contributed by atoms with Crippen LogP contribution in [0.3, 0.4) is 0 Å². The van der Waals surface area contributed by atoms with Crippen molar-refractivity contribution in [1.29, 1.82) is 0 Å². The summed E-state index contributed by atoms with van der Waals surface area (Å²) in [6, 6.07) is 8.13. The lowest BCUT2D eigenvalue weighted by atomic mass is 10.2. The van der Waals surface area contributed by atoms with Gasteiger partial charge in [-0.2, -0.15) is 15.0 Å². The van der Waals surface area contributed by atoms with Crippen molar-refractivity contribution in [2.24, 2.45) is 0 Å². The number of nitrogens with zero attached hydrogens (tertiary/aromatic N) is 5. The highest BCUT2D eigenvalue weighted by Crippen LogP contribution is 2.21. The topological polar surface area (TPSA) is 80.4 Å². The smallest absolute Gasteiger partial charge is 0.229 e. The molecule has 24 heavy (non-hydrogen) atoms.